The highest BCUT2D eigenvalue weighted by atomic mass is 35.5. The second-order valence-corrected chi connectivity index (χ2v) is 7.09. The molecule has 0 heterocycles. The number of rotatable bonds is 10. The average molecular weight is 462 g/mol. The van der Waals surface area contributed by atoms with Crippen LogP contribution in [0.25, 0.3) is 0 Å². The highest BCUT2D eigenvalue weighted by Gasteiger charge is 2.23. The second kappa shape index (κ2) is 11.2. The zero-order valence-corrected chi connectivity index (χ0v) is 18.2. The minimum absolute atomic E-state index is 0.269. The molecule has 170 valence electrons. The summed E-state index contributed by atoms with van der Waals surface area (Å²) in [5.41, 5.74) is -1.51. The molecule has 0 unspecified atom stereocenters. The molecular weight excluding hydrogens is 438 g/mol. The number of amides is 1. The van der Waals surface area contributed by atoms with Gasteiger partial charge in [0, 0.05) is 17.8 Å². The van der Waals surface area contributed by atoms with Crippen LogP contribution in [0.5, 0.6) is 5.75 Å². The number of ether oxygens (including phenoxy) is 1. The fourth-order valence-corrected chi connectivity index (χ4v) is 3.03. The first kappa shape index (κ1) is 24.7. The lowest BCUT2D eigenvalue weighted by Gasteiger charge is -2.18. The molecule has 0 spiro atoms. The molecule has 1 amide bonds. The highest BCUT2D eigenvalue weighted by molar-refractivity contribution is 6.32. The third kappa shape index (κ3) is 6.24. The van der Waals surface area contributed by atoms with E-state index in [1.54, 1.807) is 12.1 Å². The molecule has 0 atom stereocenters. The Bertz CT molecular complexity index is 910. The van der Waals surface area contributed by atoms with Crippen LogP contribution >= 0.6 is 11.6 Å². The molecule has 0 bridgehead atoms. The first-order valence-electron chi connectivity index (χ1n) is 9.70. The van der Waals surface area contributed by atoms with Gasteiger partial charge in [-0.2, -0.15) is 0 Å². The molecule has 0 aliphatic carbocycles. The van der Waals surface area contributed by atoms with Gasteiger partial charge in [0.2, 0.25) is 5.91 Å². The Morgan fingerprint density at radius 2 is 1.68 bits per heavy atom. The van der Waals surface area contributed by atoms with Crippen molar-refractivity contribution in [3.8, 4) is 5.75 Å². The van der Waals surface area contributed by atoms with Crippen molar-refractivity contribution in [2.75, 3.05) is 43.4 Å². The number of nitrogens with one attached hydrogen (secondary N) is 2. The number of halogens is 5. The minimum atomic E-state index is -1.60. The molecule has 0 radical (unpaired) electrons. The Morgan fingerprint density at radius 3 is 2.23 bits per heavy atom. The van der Waals surface area contributed by atoms with Gasteiger partial charge < -0.3 is 20.3 Å². The standard InChI is InChI=1S/C21H24ClF4N3O2/c1-4-29(5-2)8-9-31-15-7-6-13(10-14(15)22)28-16(30)11-27-21-19(25)17(23)12(3)18(24)20(21)26/h6-7,10,27H,4-5,8-9,11H2,1-3H3,(H,28,30). The van der Waals surface area contributed by atoms with Crippen molar-refractivity contribution in [1.82, 2.24) is 4.90 Å². The molecule has 0 fully saturated rings. The van der Waals surface area contributed by atoms with E-state index < -0.39 is 47.0 Å². The molecule has 0 saturated carbocycles. The smallest absolute Gasteiger partial charge is 0.243 e. The van der Waals surface area contributed by atoms with Crippen LogP contribution in [0.2, 0.25) is 5.02 Å². The van der Waals surface area contributed by atoms with Crippen LogP contribution in [0.3, 0.4) is 0 Å². The number of carbonyl (C=O) groups is 1. The van der Waals surface area contributed by atoms with Crippen molar-refractivity contribution in [1.29, 1.82) is 0 Å². The maximum absolute atomic E-state index is 13.9. The molecule has 10 heteroatoms. The number of hydrogen-bond donors (Lipinski definition) is 2. The number of carbonyl (C=O) groups excluding carboxylic acids is 1. The summed E-state index contributed by atoms with van der Waals surface area (Å²) in [6, 6.07) is 4.58. The maximum Gasteiger partial charge on any atom is 0.243 e. The molecule has 2 rings (SSSR count). The predicted molar refractivity (Wildman–Crippen MR) is 113 cm³/mol. The van der Waals surface area contributed by atoms with Gasteiger partial charge in [0.25, 0.3) is 0 Å². The van der Waals surface area contributed by atoms with E-state index in [4.69, 9.17) is 16.3 Å². The summed E-state index contributed by atoms with van der Waals surface area (Å²) in [4.78, 5) is 14.3. The third-order valence-electron chi connectivity index (χ3n) is 4.68. The fraction of sp³-hybridized carbons (Fsp3) is 0.381. The van der Waals surface area contributed by atoms with Gasteiger partial charge in [0.05, 0.1) is 11.6 Å². The second-order valence-electron chi connectivity index (χ2n) is 6.68. The number of anilines is 2. The zero-order chi connectivity index (χ0) is 23.1. The molecule has 0 aromatic heterocycles. The third-order valence-corrected chi connectivity index (χ3v) is 4.98. The first-order valence-corrected chi connectivity index (χ1v) is 10.1. The van der Waals surface area contributed by atoms with Gasteiger partial charge in [-0.15, -0.1) is 0 Å². The van der Waals surface area contributed by atoms with Crippen LogP contribution < -0.4 is 15.4 Å². The lowest BCUT2D eigenvalue weighted by atomic mass is 10.1. The molecule has 2 aromatic rings. The summed E-state index contributed by atoms with van der Waals surface area (Å²) in [5.74, 6) is -6.50. The average Bonchev–Trinajstić information content (AvgIpc) is 2.75. The summed E-state index contributed by atoms with van der Waals surface area (Å²) in [5, 5.41) is 4.82. The van der Waals surface area contributed by atoms with Crippen molar-refractivity contribution in [2.24, 2.45) is 0 Å². The van der Waals surface area contributed by atoms with Crippen LogP contribution in [0.15, 0.2) is 18.2 Å². The van der Waals surface area contributed by atoms with Crippen molar-refractivity contribution < 1.29 is 27.1 Å². The summed E-state index contributed by atoms with van der Waals surface area (Å²) in [6.07, 6.45) is 0. The van der Waals surface area contributed by atoms with Crippen LogP contribution in [0.1, 0.15) is 19.4 Å². The van der Waals surface area contributed by atoms with E-state index in [1.807, 2.05) is 0 Å². The monoisotopic (exact) mass is 461 g/mol. The number of hydrogen-bond acceptors (Lipinski definition) is 4. The van der Waals surface area contributed by atoms with E-state index in [0.29, 0.717) is 18.0 Å². The summed E-state index contributed by atoms with van der Waals surface area (Å²) >= 11 is 6.17. The van der Waals surface area contributed by atoms with Gasteiger partial charge in [-0.05, 0) is 38.2 Å². The Morgan fingerprint density at radius 1 is 1.06 bits per heavy atom. The van der Waals surface area contributed by atoms with Crippen LogP contribution in [0, 0.1) is 30.2 Å². The first-order chi connectivity index (χ1) is 14.7. The summed E-state index contributed by atoms with van der Waals surface area (Å²) < 4.78 is 60.6. The van der Waals surface area contributed by atoms with Crippen LogP contribution in [0.4, 0.5) is 28.9 Å². The number of likely N-dealkylation sites (N-methyl/N-ethyl adjacent to an activating group) is 1. The van der Waals surface area contributed by atoms with Gasteiger partial charge in [-0.1, -0.05) is 25.4 Å². The number of nitrogens with zero attached hydrogens (tertiary/aromatic N) is 1. The van der Waals surface area contributed by atoms with Crippen LogP contribution in [-0.4, -0.2) is 43.6 Å². The molecule has 2 N–H and O–H groups in total. The van der Waals surface area contributed by atoms with Crippen molar-refractivity contribution >= 4 is 28.9 Å². The molecular formula is C21H24ClF4N3O2. The molecule has 31 heavy (non-hydrogen) atoms. The Hall–Kier alpha value is -2.52. The highest BCUT2D eigenvalue weighted by Crippen LogP contribution is 2.29. The molecule has 0 saturated heterocycles. The maximum atomic E-state index is 13.9. The molecule has 0 aliphatic rings. The Balaban J connectivity index is 1.95. The van der Waals surface area contributed by atoms with E-state index in [0.717, 1.165) is 26.6 Å². The normalized spacial score (nSPS) is 11.0. The number of benzene rings is 2. The van der Waals surface area contributed by atoms with E-state index in [9.17, 15) is 22.4 Å². The van der Waals surface area contributed by atoms with E-state index in [-0.39, 0.29) is 5.02 Å². The fourth-order valence-electron chi connectivity index (χ4n) is 2.79. The van der Waals surface area contributed by atoms with Gasteiger partial charge in [-0.25, -0.2) is 17.6 Å². The van der Waals surface area contributed by atoms with Crippen LogP contribution in [-0.2, 0) is 4.79 Å². The van der Waals surface area contributed by atoms with E-state index >= 15 is 0 Å². The quantitative estimate of drug-likeness (QED) is 0.387. The van der Waals surface area contributed by atoms with Gasteiger partial charge >= 0.3 is 0 Å². The van der Waals surface area contributed by atoms with Crippen molar-refractivity contribution in [2.45, 2.75) is 20.8 Å². The zero-order valence-electron chi connectivity index (χ0n) is 17.4. The molecule has 2 aromatic carbocycles. The Labute approximate surface area is 183 Å². The lowest BCUT2D eigenvalue weighted by molar-refractivity contribution is -0.114. The molecule has 0 aliphatic heterocycles. The van der Waals surface area contributed by atoms with Gasteiger partial charge in [0.15, 0.2) is 23.3 Å². The van der Waals surface area contributed by atoms with Gasteiger partial charge in [-0.3, -0.25) is 4.79 Å². The van der Waals surface area contributed by atoms with Crippen molar-refractivity contribution in [3.05, 3.63) is 52.1 Å². The van der Waals surface area contributed by atoms with E-state index in [1.165, 1.54) is 6.07 Å². The van der Waals surface area contributed by atoms with E-state index in [2.05, 4.69) is 29.4 Å². The van der Waals surface area contributed by atoms with Crippen molar-refractivity contribution in [3.63, 3.8) is 0 Å². The topological polar surface area (TPSA) is 53.6 Å². The largest absolute Gasteiger partial charge is 0.491 e. The minimum Gasteiger partial charge on any atom is -0.491 e. The summed E-state index contributed by atoms with van der Waals surface area (Å²) in [6.45, 7) is 7.38. The SMILES string of the molecule is CCN(CC)CCOc1ccc(NC(=O)CNc2c(F)c(F)c(C)c(F)c2F)cc1Cl. The molecule has 5 nitrogen and oxygen atoms in total. The lowest BCUT2D eigenvalue weighted by Crippen LogP contribution is -2.27. The predicted octanol–water partition coefficient (Wildman–Crippen LogP) is 4.98. The van der Waals surface area contributed by atoms with Gasteiger partial charge in [0.1, 0.15) is 18.0 Å². The Kier molecular flexibility index (Phi) is 8.94. The summed E-state index contributed by atoms with van der Waals surface area (Å²) in [7, 11) is 0.